The van der Waals surface area contributed by atoms with E-state index in [4.69, 9.17) is 14.7 Å². The first-order valence-corrected chi connectivity index (χ1v) is 14.9. The maximum absolute atomic E-state index is 13.5. The monoisotopic (exact) mass is 594 g/mol. The summed E-state index contributed by atoms with van der Waals surface area (Å²) >= 11 is 0. The molecule has 2 N–H and O–H groups in total. The lowest BCUT2D eigenvalue weighted by atomic mass is 10.1. The molecule has 0 bridgehead atoms. The number of carbonyl (C=O) groups excluding carboxylic acids is 3. The highest BCUT2D eigenvalue weighted by atomic mass is 16.7. The van der Waals surface area contributed by atoms with E-state index in [-0.39, 0.29) is 24.5 Å². The number of hydrogen-bond acceptors (Lipinski definition) is 8. The highest BCUT2D eigenvalue weighted by Crippen LogP contribution is 2.34. The molecule has 0 radical (unpaired) electrons. The molecule has 6 rings (SSSR count). The van der Waals surface area contributed by atoms with Gasteiger partial charge in [0.2, 0.25) is 6.79 Å². The van der Waals surface area contributed by atoms with E-state index in [1.165, 1.54) is 0 Å². The van der Waals surface area contributed by atoms with Gasteiger partial charge in [-0.15, -0.1) is 0 Å². The molecular formula is C33H34N6O5. The van der Waals surface area contributed by atoms with E-state index in [0.29, 0.717) is 78.7 Å². The number of benzene rings is 3. The summed E-state index contributed by atoms with van der Waals surface area (Å²) in [5.74, 6) is 0.609. The molecule has 0 aromatic heterocycles. The first kappa shape index (κ1) is 29.0. The number of nitrogens with one attached hydrogen (secondary N) is 2. The summed E-state index contributed by atoms with van der Waals surface area (Å²) in [6.45, 7) is 5.28. The zero-order valence-electron chi connectivity index (χ0n) is 24.4. The fraction of sp³-hybridized carbons (Fsp3) is 0.333. The van der Waals surface area contributed by atoms with Gasteiger partial charge in [-0.25, -0.2) is 0 Å². The molecule has 3 amide bonds. The van der Waals surface area contributed by atoms with E-state index in [1.807, 2.05) is 21.9 Å². The lowest BCUT2D eigenvalue weighted by molar-refractivity contribution is 0.0759. The number of fused-ring (bicyclic) bond motifs is 1. The Morgan fingerprint density at radius 1 is 0.727 bits per heavy atom. The van der Waals surface area contributed by atoms with E-state index in [0.717, 1.165) is 31.6 Å². The minimum Gasteiger partial charge on any atom is -0.454 e. The van der Waals surface area contributed by atoms with Crippen LogP contribution >= 0.6 is 0 Å². The van der Waals surface area contributed by atoms with Crippen molar-refractivity contribution in [1.82, 2.24) is 15.1 Å². The molecule has 2 saturated heterocycles. The van der Waals surface area contributed by atoms with Crippen molar-refractivity contribution in [2.24, 2.45) is 0 Å². The van der Waals surface area contributed by atoms with Gasteiger partial charge in [-0.2, -0.15) is 5.26 Å². The Morgan fingerprint density at radius 3 is 2.30 bits per heavy atom. The van der Waals surface area contributed by atoms with Crippen molar-refractivity contribution in [3.63, 3.8) is 0 Å². The van der Waals surface area contributed by atoms with Gasteiger partial charge in [0.15, 0.2) is 11.5 Å². The molecule has 0 spiro atoms. The molecular weight excluding hydrogens is 560 g/mol. The van der Waals surface area contributed by atoms with Gasteiger partial charge < -0.3 is 34.8 Å². The summed E-state index contributed by atoms with van der Waals surface area (Å²) in [7, 11) is 0. The second-order valence-corrected chi connectivity index (χ2v) is 11.0. The molecule has 0 aliphatic carbocycles. The van der Waals surface area contributed by atoms with Crippen LogP contribution in [0.25, 0.3) is 0 Å². The fourth-order valence-corrected chi connectivity index (χ4v) is 5.74. The minimum atomic E-state index is -0.333. The average Bonchev–Trinajstić information content (AvgIpc) is 3.21. The van der Waals surface area contributed by atoms with Crippen molar-refractivity contribution < 1.29 is 23.9 Å². The van der Waals surface area contributed by atoms with Crippen LogP contribution in [0.2, 0.25) is 0 Å². The predicted molar refractivity (Wildman–Crippen MR) is 164 cm³/mol. The Balaban J connectivity index is 1.24. The third-order valence-corrected chi connectivity index (χ3v) is 8.14. The van der Waals surface area contributed by atoms with Crippen LogP contribution in [0.3, 0.4) is 0 Å². The predicted octanol–water partition coefficient (Wildman–Crippen LogP) is 3.33. The maximum atomic E-state index is 13.5. The van der Waals surface area contributed by atoms with Crippen LogP contribution in [0.5, 0.6) is 11.5 Å². The molecule has 11 heteroatoms. The van der Waals surface area contributed by atoms with Gasteiger partial charge in [0.1, 0.15) is 0 Å². The number of anilines is 2. The third-order valence-electron chi connectivity index (χ3n) is 8.14. The summed E-state index contributed by atoms with van der Waals surface area (Å²) in [5.41, 5.74) is 3.27. The standard InChI is InChI=1S/C33H34N6O5/c34-21-23-3-5-24(6-4-23)32(41)39-15-2-14-37(17-18-39)28-9-7-26(33(42)38-13-1-11-35-12-16-38)19-27(28)36-31(40)25-8-10-29-30(20-25)44-22-43-29/h3-10,19-20,35H,1-2,11-18,22H2,(H,36,40). The Morgan fingerprint density at radius 2 is 1.45 bits per heavy atom. The smallest absolute Gasteiger partial charge is 0.255 e. The summed E-state index contributed by atoms with van der Waals surface area (Å²) in [6, 6.07) is 19.2. The van der Waals surface area contributed by atoms with E-state index in [9.17, 15) is 14.4 Å². The van der Waals surface area contributed by atoms with E-state index in [2.05, 4.69) is 21.6 Å². The van der Waals surface area contributed by atoms with Gasteiger partial charge in [-0.1, -0.05) is 0 Å². The molecule has 2 fully saturated rings. The number of nitrogens with zero attached hydrogens (tertiary/aromatic N) is 4. The van der Waals surface area contributed by atoms with Crippen molar-refractivity contribution in [2.45, 2.75) is 12.8 Å². The molecule has 0 saturated carbocycles. The summed E-state index contributed by atoms with van der Waals surface area (Å²) in [6.07, 6.45) is 1.60. The van der Waals surface area contributed by atoms with Crippen molar-refractivity contribution in [3.8, 4) is 17.6 Å². The van der Waals surface area contributed by atoms with Gasteiger partial charge in [0, 0.05) is 62.5 Å². The normalized spacial score (nSPS) is 16.5. The van der Waals surface area contributed by atoms with Gasteiger partial charge in [0.05, 0.1) is 23.0 Å². The molecule has 3 aromatic rings. The van der Waals surface area contributed by atoms with Crippen LogP contribution in [-0.4, -0.2) is 86.7 Å². The van der Waals surface area contributed by atoms with Crippen LogP contribution in [-0.2, 0) is 0 Å². The average molecular weight is 595 g/mol. The number of rotatable bonds is 5. The fourth-order valence-electron chi connectivity index (χ4n) is 5.74. The number of carbonyl (C=O) groups is 3. The Hall–Kier alpha value is -5.08. The van der Waals surface area contributed by atoms with Crippen molar-refractivity contribution in [1.29, 1.82) is 5.26 Å². The highest BCUT2D eigenvalue weighted by Gasteiger charge is 2.25. The van der Waals surface area contributed by atoms with Gasteiger partial charge in [-0.05, 0) is 80.1 Å². The molecule has 44 heavy (non-hydrogen) atoms. The van der Waals surface area contributed by atoms with Crippen molar-refractivity contribution in [3.05, 3.63) is 82.9 Å². The molecule has 226 valence electrons. The van der Waals surface area contributed by atoms with Crippen LogP contribution in [0, 0.1) is 11.3 Å². The number of ether oxygens (including phenoxy) is 2. The quantitative estimate of drug-likeness (QED) is 0.461. The lowest BCUT2D eigenvalue weighted by Gasteiger charge is -2.27. The zero-order valence-corrected chi connectivity index (χ0v) is 24.4. The molecule has 0 atom stereocenters. The molecule has 11 nitrogen and oxygen atoms in total. The van der Waals surface area contributed by atoms with Crippen LogP contribution in [0.1, 0.15) is 49.5 Å². The molecule has 3 heterocycles. The van der Waals surface area contributed by atoms with E-state index >= 15 is 0 Å². The van der Waals surface area contributed by atoms with E-state index < -0.39 is 0 Å². The largest absolute Gasteiger partial charge is 0.454 e. The maximum Gasteiger partial charge on any atom is 0.255 e. The van der Waals surface area contributed by atoms with Crippen molar-refractivity contribution >= 4 is 29.1 Å². The Kier molecular flexibility index (Phi) is 8.61. The van der Waals surface area contributed by atoms with E-state index in [1.54, 1.807) is 48.5 Å². The lowest BCUT2D eigenvalue weighted by Crippen LogP contribution is -2.35. The van der Waals surface area contributed by atoms with Gasteiger partial charge >= 0.3 is 0 Å². The Bertz CT molecular complexity index is 1590. The second-order valence-electron chi connectivity index (χ2n) is 11.0. The summed E-state index contributed by atoms with van der Waals surface area (Å²) < 4.78 is 10.8. The molecule has 3 aromatic carbocycles. The number of amides is 3. The van der Waals surface area contributed by atoms with Gasteiger partial charge in [0.25, 0.3) is 17.7 Å². The third kappa shape index (κ3) is 6.31. The number of hydrogen-bond donors (Lipinski definition) is 2. The van der Waals surface area contributed by atoms with Crippen LogP contribution < -0.4 is 25.0 Å². The Labute approximate surface area is 255 Å². The van der Waals surface area contributed by atoms with Crippen molar-refractivity contribution in [2.75, 3.05) is 69.4 Å². The summed E-state index contributed by atoms with van der Waals surface area (Å²) in [5, 5.41) is 15.5. The second kappa shape index (κ2) is 13.1. The molecule has 3 aliphatic heterocycles. The topological polar surface area (TPSA) is 127 Å². The van der Waals surface area contributed by atoms with Crippen LogP contribution in [0.15, 0.2) is 60.7 Å². The SMILES string of the molecule is N#Cc1ccc(C(=O)N2CCCN(c3ccc(C(=O)N4CCCNCC4)cc3NC(=O)c3ccc4c(c3)OCO4)CC2)cc1. The number of nitriles is 1. The first-order chi connectivity index (χ1) is 21.5. The molecule has 3 aliphatic rings. The van der Waals surface area contributed by atoms with Gasteiger partial charge in [-0.3, -0.25) is 14.4 Å². The highest BCUT2D eigenvalue weighted by molar-refractivity contribution is 6.07. The molecule has 0 unspecified atom stereocenters. The van der Waals surface area contributed by atoms with Crippen LogP contribution in [0.4, 0.5) is 11.4 Å². The summed E-state index contributed by atoms with van der Waals surface area (Å²) in [4.78, 5) is 46.0. The first-order valence-electron chi connectivity index (χ1n) is 14.9. The minimum absolute atomic E-state index is 0.0751. The zero-order chi connectivity index (χ0) is 30.5.